The summed E-state index contributed by atoms with van der Waals surface area (Å²) in [6.45, 7) is 9.48. The number of rotatable bonds is 7. The average molecular weight is 213 g/mol. The van der Waals surface area contributed by atoms with Crippen LogP contribution < -0.4 is 5.73 Å². The maximum Gasteiger partial charge on any atom is 0.132 e. The highest BCUT2D eigenvalue weighted by molar-refractivity contribution is 5.78. The number of Topliss-reactive ketones (excluding diaryl/α,β-unsaturated/α-hetero) is 1. The van der Waals surface area contributed by atoms with Gasteiger partial charge < -0.3 is 5.73 Å². The Morgan fingerprint density at radius 1 is 1.20 bits per heavy atom. The van der Waals surface area contributed by atoms with E-state index in [0.29, 0.717) is 11.7 Å². The van der Waals surface area contributed by atoms with Gasteiger partial charge in [-0.1, -0.05) is 27.7 Å². The first-order chi connectivity index (χ1) is 6.91. The largest absolute Gasteiger partial charge is 0.330 e. The van der Waals surface area contributed by atoms with E-state index in [-0.39, 0.29) is 5.41 Å². The van der Waals surface area contributed by atoms with Crippen LogP contribution in [-0.4, -0.2) is 12.3 Å². The van der Waals surface area contributed by atoms with E-state index in [4.69, 9.17) is 5.73 Å². The molecule has 0 saturated carbocycles. The summed E-state index contributed by atoms with van der Waals surface area (Å²) in [7, 11) is 0. The minimum Gasteiger partial charge on any atom is -0.330 e. The highest BCUT2D eigenvalue weighted by atomic mass is 16.1. The molecule has 0 aromatic rings. The second-order valence-corrected chi connectivity index (χ2v) is 5.47. The van der Waals surface area contributed by atoms with E-state index in [1.54, 1.807) is 0 Å². The summed E-state index contributed by atoms with van der Waals surface area (Å²) in [5.41, 5.74) is 5.88. The Labute approximate surface area is 94.6 Å². The third-order valence-electron chi connectivity index (χ3n) is 3.04. The monoisotopic (exact) mass is 213 g/mol. The molecule has 0 heterocycles. The van der Waals surface area contributed by atoms with E-state index >= 15 is 0 Å². The average Bonchev–Trinajstić information content (AvgIpc) is 2.10. The van der Waals surface area contributed by atoms with Crippen molar-refractivity contribution in [3.8, 4) is 0 Å². The van der Waals surface area contributed by atoms with Gasteiger partial charge in [-0.3, -0.25) is 4.79 Å². The number of nitrogens with two attached hydrogens (primary N) is 1. The molecule has 0 rings (SSSR count). The normalized spacial score (nSPS) is 13.9. The zero-order chi connectivity index (χ0) is 11.9. The molecule has 0 aliphatic rings. The molecule has 0 spiro atoms. The lowest BCUT2D eigenvalue weighted by Gasteiger charge is -2.30. The fourth-order valence-corrected chi connectivity index (χ4v) is 1.95. The summed E-state index contributed by atoms with van der Waals surface area (Å²) in [5, 5.41) is 0. The van der Waals surface area contributed by atoms with Gasteiger partial charge in [0.2, 0.25) is 0 Å². The first-order valence-corrected chi connectivity index (χ1v) is 6.13. The summed E-state index contributed by atoms with van der Waals surface area (Å²) >= 11 is 0. The second-order valence-electron chi connectivity index (χ2n) is 5.47. The van der Waals surface area contributed by atoms with E-state index in [0.717, 1.165) is 38.6 Å². The van der Waals surface area contributed by atoms with Crippen LogP contribution in [0.2, 0.25) is 0 Å². The standard InChI is InChI=1S/C13H27NO/c1-5-6-12(15)8-7-11(9-10-14)13(2,3)4/h11H,5-10,14H2,1-4H3. The Morgan fingerprint density at radius 2 is 1.80 bits per heavy atom. The predicted octanol–water partition coefficient (Wildman–Crippen LogP) is 3.15. The number of hydrogen-bond donors (Lipinski definition) is 1. The molecule has 1 atom stereocenters. The van der Waals surface area contributed by atoms with Crippen molar-refractivity contribution in [3.63, 3.8) is 0 Å². The maximum absolute atomic E-state index is 11.4. The lowest BCUT2D eigenvalue weighted by atomic mass is 9.76. The number of carbonyl (C=O) groups excluding carboxylic acids is 1. The van der Waals surface area contributed by atoms with Gasteiger partial charge in [-0.2, -0.15) is 0 Å². The third kappa shape index (κ3) is 6.67. The van der Waals surface area contributed by atoms with Gasteiger partial charge in [0.1, 0.15) is 5.78 Å². The Bertz CT molecular complexity index is 181. The van der Waals surface area contributed by atoms with Crippen LogP contribution in [0.15, 0.2) is 0 Å². The van der Waals surface area contributed by atoms with Crippen LogP contribution in [-0.2, 0) is 4.79 Å². The second kappa shape index (κ2) is 7.00. The van der Waals surface area contributed by atoms with Crippen LogP contribution in [0.5, 0.6) is 0 Å². The minimum absolute atomic E-state index is 0.270. The third-order valence-corrected chi connectivity index (χ3v) is 3.04. The highest BCUT2D eigenvalue weighted by Gasteiger charge is 2.23. The fourth-order valence-electron chi connectivity index (χ4n) is 1.95. The van der Waals surface area contributed by atoms with E-state index in [9.17, 15) is 4.79 Å². The van der Waals surface area contributed by atoms with Crippen molar-refractivity contribution in [1.29, 1.82) is 0 Å². The van der Waals surface area contributed by atoms with Crippen LogP contribution in [0.25, 0.3) is 0 Å². The van der Waals surface area contributed by atoms with Crippen molar-refractivity contribution in [3.05, 3.63) is 0 Å². The first kappa shape index (κ1) is 14.6. The Kier molecular flexibility index (Phi) is 6.82. The van der Waals surface area contributed by atoms with Crippen molar-refractivity contribution in [1.82, 2.24) is 0 Å². The Hall–Kier alpha value is -0.370. The molecule has 1 unspecified atom stereocenters. The predicted molar refractivity (Wildman–Crippen MR) is 65.8 cm³/mol. The zero-order valence-electron chi connectivity index (χ0n) is 10.8. The maximum atomic E-state index is 11.4. The quantitative estimate of drug-likeness (QED) is 0.706. The SMILES string of the molecule is CCCC(=O)CCC(CCN)C(C)(C)C. The molecule has 2 heteroatoms. The van der Waals surface area contributed by atoms with Gasteiger partial charge in [0.05, 0.1) is 0 Å². The molecule has 90 valence electrons. The molecule has 2 N–H and O–H groups in total. The lowest BCUT2D eigenvalue weighted by Crippen LogP contribution is -2.24. The fraction of sp³-hybridized carbons (Fsp3) is 0.923. The summed E-state index contributed by atoms with van der Waals surface area (Å²) in [5.74, 6) is 0.979. The van der Waals surface area contributed by atoms with Crippen molar-refractivity contribution in [2.24, 2.45) is 17.1 Å². The van der Waals surface area contributed by atoms with E-state index < -0.39 is 0 Å². The summed E-state index contributed by atoms with van der Waals surface area (Å²) in [6, 6.07) is 0. The molecule has 0 fully saturated rings. The van der Waals surface area contributed by atoms with Crippen LogP contribution in [0.4, 0.5) is 0 Å². The number of carbonyl (C=O) groups is 1. The minimum atomic E-state index is 0.270. The van der Waals surface area contributed by atoms with Crippen LogP contribution in [0, 0.1) is 11.3 Å². The molecule has 0 aromatic carbocycles. The molecule has 0 amide bonds. The van der Waals surface area contributed by atoms with Gasteiger partial charge in [0.15, 0.2) is 0 Å². The van der Waals surface area contributed by atoms with Gasteiger partial charge in [-0.25, -0.2) is 0 Å². The molecule has 0 aliphatic carbocycles. The zero-order valence-corrected chi connectivity index (χ0v) is 10.8. The molecular formula is C13H27NO. The highest BCUT2D eigenvalue weighted by Crippen LogP contribution is 2.32. The van der Waals surface area contributed by atoms with Gasteiger partial charge in [0, 0.05) is 12.8 Å². The summed E-state index contributed by atoms with van der Waals surface area (Å²) < 4.78 is 0. The number of ketones is 1. The van der Waals surface area contributed by atoms with Crippen molar-refractivity contribution in [2.75, 3.05) is 6.54 Å². The summed E-state index contributed by atoms with van der Waals surface area (Å²) in [6.07, 6.45) is 4.47. The molecule has 2 nitrogen and oxygen atoms in total. The molecule has 0 aromatic heterocycles. The van der Waals surface area contributed by atoms with Gasteiger partial charge in [-0.05, 0) is 37.1 Å². The molecule has 0 aliphatic heterocycles. The molecule has 0 radical (unpaired) electrons. The van der Waals surface area contributed by atoms with E-state index in [1.807, 2.05) is 0 Å². The van der Waals surface area contributed by atoms with Crippen LogP contribution >= 0.6 is 0 Å². The Balaban J connectivity index is 4.02. The van der Waals surface area contributed by atoms with Crippen molar-refractivity contribution in [2.45, 2.75) is 59.8 Å². The van der Waals surface area contributed by atoms with Gasteiger partial charge in [0.25, 0.3) is 0 Å². The van der Waals surface area contributed by atoms with Gasteiger partial charge >= 0.3 is 0 Å². The molecule has 15 heavy (non-hydrogen) atoms. The molecule has 0 saturated heterocycles. The topological polar surface area (TPSA) is 43.1 Å². The van der Waals surface area contributed by atoms with Crippen LogP contribution in [0.3, 0.4) is 0 Å². The first-order valence-electron chi connectivity index (χ1n) is 6.13. The van der Waals surface area contributed by atoms with E-state index in [1.165, 1.54) is 0 Å². The molecule has 0 bridgehead atoms. The van der Waals surface area contributed by atoms with Crippen LogP contribution in [0.1, 0.15) is 59.8 Å². The van der Waals surface area contributed by atoms with E-state index in [2.05, 4.69) is 27.7 Å². The van der Waals surface area contributed by atoms with Gasteiger partial charge in [-0.15, -0.1) is 0 Å². The smallest absolute Gasteiger partial charge is 0.132 e. The number of hydrogen-bond acceptors (Lipinski definition) is 2. The van der Waals surface area contributed by atoms with Crippen molar-refractivity contribution < 1.29 is 4.79 Å². The molecular weight excluding hydrogens is 186 g/mol. The summed E-state index contributed by atoms with van der Waals surface area (Å²) in [4.78, 5) is 11.4. The Morgan fingerprint density at radius 3 is 2.20 bits per heavy atom. The van der Waals surface area contributed by atoms with Crippen molar-refractivity contribution >= 4 is 5.78 Å². The lowest BCUT2D eigenvalue weighted by molar-refractivity contribution is -0.119.